The molecular formula is C21H25Cl2N5O. The molecule has 0 atom stereocenters. The summed E-state index contributed by atoms with van der Waals surface area (Å²) in [6, 6.07) is 14.2. The second-order valence-electron chi connectivity index (χ2n) is 6.83. The van der Waals surface area contributed by atoms with E-state index >= 15 is 0 Å². The van der Waals surface area contributed by atoms with E-state index in [0.29, 0.717) is 13.1 Å². The van der Waals surface area contributed by atoms with Crippen LogP contribution < -0.4 is 10.6 Å². The Hall–Kier alpha value is -2.41. The molecular weight excluding hydrogens is 409 g/mol. The van der Waals surface area contributed by atoms with Crippen molar-refractivity contribution in [2.75, 3.05) is 13.1 Å². The van der Waals surface area contributed by atoms with E-state index < -0.39 is 0 Å². The SMILES string of the molecule is Cl.Cl.O=C(NCc1ccc(Cn2cncn2)cc1)c1ccc2c(c1)CCNCC2. The van der Waals surface area contributed by atoms with Crippen LogP contribution in [0.2, 0.25) is 0 Å². The van der Waals surface area contributed by atoms with Gasteiger partial charge in [0.15, 0.2) is 0 Å². The summed E-state index contributed by atoms with van der Waals surface area (Å²) in [5, 5.41) is 10.5. The molecule has 0 unspecified atom stereocenters. The van der Waals surface area contributed by atoms with Gasteiger partial charge in [-0.25, -0.2) is 9.67 Å². The second-order valence-corrected chi connectivity index (χ2v) is 6.83. The first-order chi connectivity index (χ1) is 13.3. The molecule has 2 heterocycles. The van der Waals surface area contributed by atoms with Crippen LogP contribution in [0.3, 0.4) is 0 Å². The lowest BCUT2D eigenvalue weighted by molar-refractivity contribution is 0.0951. The van der Waals surface area contributed by atoms with Gasteiger partial charge in [-0.2, -0.15) is 5.10 Å². The van der Waals surface area contributed by atoms with Crippen molar-refractivity contribution in [1.82, 2.24) is 25.4 Å². The molecule has 4 rings (SSSR count). The molecule has 0 bridgehead atoms. The van der Waals surface area contributed by atoms with Crippen molar-refractivity contribution in [3.8, 4) is 0 Å². The smallest absolute Gasteiger partial charge is 0.251 e. The maximum absolute atomic E-state index is 12.5. The normalized spacial score (nSPS) is 12.7. The Balaban J connectivity index is 0.00000150. The fourth-order valence-corrected chi connectivity index (χ4v) is 3.36. The number of halogens is 2. The Morgan fingerprint density at radius 2 is 1.72 bits per heavy atom. The van der Waals surface area contributed by atoms with Crippen molar-refractivity contribution in [1.29, 1.82) is 0 Å². The van der Waals surface area contributed by atoms with Crippen molar-refractivity contribution >= 4 is 30.7 Å². The number of benzene rings is 2. The van der Waals surface area contributed by atoms with Gasteiger partial charge in [-0.05, 0) is 60.3 Å². The van der Waals surface area contributed by atoms with Crippen molar-refractivity contribution in [3.63, 3.8) is 0 Å². The minimum absolute atomic E-state index is 0. The fraction of sp³-hybridized carbons (Fsp3) is 0.286. The van der Waals surface area contributed by atoms with Gasteiger partial charge in [0, 0.05) is 12.1 Å². The van der Waals surface area contributed by atoms with E-state index in [1.165, 1.54) is 17.5 Å². The molecule has 3 aromatic rings. The Bertz CT molecular complexity index is 913. The van der Waals surface area contributed by atoms with E-state index in [9.17, 15) is 4.79 Å². The van der Waals surface area contributed by atoms with E-state index in [2.05, 4.69) is 38.9 Å². The van der Waals surface area contributed by atoms with Gasteiger partial charge in [0.1, 0.15) is 12.7 Å². The lowest BCUT2D eigenvalue weighted by Crippen LogP contribution is -2.23. The van der Waals surface area contributed by atoms with Gasteiger partial charge in [-0.1, -0.05) is 30.3 Å². The third-order valence-corrected chi connectivity index (χ3v) is 4.90. The number of hydrogen-bond acceptors (Lipinski definition) is 4. The first-order valence-electron chi connectivity index (χ1n) is 9.29. The highest BCUT2D eigenvalue weighted by Gasteiger charge is 2.11. The summed E-state index contributed by atoms with van der Waals surface area (Å²) in [5.41, 5.74) is 5.59. The van der Waals surface area contributed by atoms with E-state index in [0.717, 1.165) is 42.6 Å². The topological polar surface area (TPSA) is 71.8 Å². The minimum atomic E-state index is -0.0262. The monoisotopic (exact) mass is 433 g/mol. The largest absolute Gasteiger partial charge is 0.348 e. The zero-order valence-corrected chi connectivity index (χ0v) is 17.6. The van der Waals surface area contributed by atoms with Crippen LogP contribution in [0.25, 0.3) is 0 Å². The van der Waals surface area contributed by atoms with Crippen LogP contribution in [0.4, 0.5) is 0 Å². The number of hydrogen-bond donors (Lipinski definition) is 2. The molecule has 29 heavy (non-hydrogen) atoms. The zero-order chi connectivity index (χ0) is 18.5. The number of carbonyl (C=O) groups is 1. The van der Waals surface area contributed by atoms with Gasteiger partial charge in [-0.3, -0.25) is 4.79 Å². The van der Waals surface area contributed by atoms with Crippen molar-refractivity contribution in [2.24, 2.45) is 0 Å². The predicted octanol–water partition coefficient (Wildman–Crippen LogP) is 2.79. The number of amides is 1. The third-order valence-electron chi connectivity index (χ3n) is 4.90. The maximum atomic E-state index is 12.5. The molecule has 8 heteroatoms. The summed E-state index contributed by atoms with van der Waals surface area (Å²) in [7, 11) is 0. The fourth-order valence-electron chi connectivity index (χ4n) is 3.36. The first-order valence-corrected chi connectivity index (χ1v) is 9.29. The van der Waals surface area contributed by atoms with Crippen LogP contribution in [0.5, 0.6) is 0 Å². The molecule has 2 N–H and O–H groups in total. The van der Waals surface area contributed by atoms with Crippen LogP contribution in [0, 0.1) is 0 Å². The summed E-state index contributed by atoms with van der Waals surface area (Å²) < 4.78 is 1.78. The molecule has 1 aromatic heterocycles. The number of rotatable bonds is 5. The molecule has 0 aliphatic carbocycles. The molecule has 1 amide bonds. The Labute approximate surface area is 182 Å². The highest BCUT2D eigenvalue weighted by atomic mass is 35.5. The second kappa shape index (κ2) is 11.0. The van der Waals surface area contributed by atoms with Crippen LogP contribution in [0.15, 0.2) is 55.1 Å². The van der Waals surface area contributed by atoms with Crippen LogP contribution in [-0.4, -0.2) is 33.8 Å². The molecule has 0 fully saturated rings. The highest BCUT2D eigenvalue weighted by molar-refractivity contribution is 5.94. The van der Waals surface area contributed by atoms with Crippen LogP contribution in [0.1, 0.15) is 32.6 Å². The summed E-state index contributed by atoms with van der Waals surface area (Å²) in [6.07, 6.45) is 5.23. The summed E-state index contributed by atoms with van der Waals surface area (Å²) in [6.45, 7) is 3.18. The molecule has 0 saturated heterocycles. The Morgan fingerprint density at radius 3 is 2.45 bits per heavy atom. The predicted molar refractivity (Wildman–Crippen MR) is 118 cm³/mol. The number of carbonyl (C=O) groups excluding carboxylic acids is 1. The summed E-state index contributed by atoms with van der Waals surface area (Å²) >= 11 is 0. The number of fused-ring (bicyclic) bond motifs is 1. The van der Waals surface area contributed by atoms with E-state index in [4.69, 9.17) is 0 Å². The molecule has 154 valence electrons. The van der Waals surface area contributed by atoms with Crippen molar-refractivity contribution < 1.29 is 4.79 Å². The number of nitrogens with one attached hydrogen (secondary N) is 2. The van der Waals surface area contributed by atoms with Crippen molar-refractivity contribution in [2.45, 2.75) is 25.9 Å². The minimum Gasteiger partial charge on any atom is -0.348 e. The molecule has 2 aromatic carbocycles. The molecule has 0 saturated carbocycles. The van der Waals surface area contributed by atoms with E-state index in [1.54, 1.807) is 11.0 Å². The quantitative estimate of drug-likeness (QED) is 0.648. The third kappa shape index (κ3) is 6.03. The summed E-state index contributed by atoms with van der Waals surface area (Å²) in [5.74, 6) is -0.0262. The van der Waals surface area contributed by atoms with Crippen molar-refractivity contribution in [3.05, 3.63) is 82.9 Å². The zero-order valence-electron chi connectivity index (χ0n) is 16.0. The molecule has 1 aliphatic rings. The van der Waals surface area contributed by atoms with Gasteiger partial charge in [0.25, 0.3) is 5.91 Å². The summed E-state index contributed by atoms with van der Waals surface area (Å²) in [4.78, 5) is 16.5. The lowest BCUT2D eigenvalue weighted by atomic mass is 10.00. The average molecular weight is 434 g/mol. The Morgan fingerprint density at radius 1 is 1.00 bits per heavy atom. The van der Waals surface area contributed by atoms with Crippen LogP contribution >= 0.6 is 24.8 Å². The first kappa shape index (κ1) is 22.9. The van der Waals surface area contributed by atoms with Gasteiger partial charge >= 0.3 is 0 Å². The van der Waals surface area contributed by atoms with E-state index in [-0.39, 0.29) is 30.7 Å². The van der Waals surface area contributed by atoms with Gasteiger partial charge < -0.3 is 10.6 Å². The van der Waals surface area contributed by atoms with E-state index in [1.807, 2.05) is 24.3 Å². The number of aromatic nitrogens is 3. The van der Waals surface area contributed by atoms with Gasteiger partial charge in [0.2, 0.25) is 0 Å². The number of nitrogens with zero attached hydrogens (tertiary/aromatic N) is 3. The van der Waals surface area contributed by atoms with Crippen LogP contribution in [-0.2, 0) is 25.9 Å². The van der Waals surface area contributed by atoms with Gasteiger partial charge in [0.05, 0.1) is 6.54 Å². The molecule has 0 spiro atoms. The Kier molecular flexibility index (Phi) is 8.64. The standard InChI is InChI=1S/C21H23N5O.2ClH/c27-21(20-6-5-18-7-9-22-10-8-19(18)11-20)24-12-16-1-3-17(4-2-16)13-26-15-23-14-25-26;;/h1-6,11,14-15,22H,7-10,12-13H2,(H,24,27);2*1H. The molecule has 6 nitrogen and oxygen atoms in total. The average Bonchev–Trinajstić information content (AvgIpc) is 3.09. The highest BCUT2D eigenvalue weighted by Crippen LogP contribution is 2.15. The molecule has 1 aliphatic heterocycles. The van der Waals surface area contributed by atoms with Gasteiger partial charge in [-0.15, -0.1) is 24.8 Å². The maximum Gasteiger partial charge on any atom is 0.251 e. The lowest BCUT2D eigenvalue weighted by Gasteiger charge is -2.10. The molecule has 0 radical (unpaired) electrons.